The molecule has 0 fully saturated rings. The molecule has 0 spiro atoms. The summed E-state index contributed by atoms with van der Waals surface area (Å²) in [6.07, 6.45) is 1.83. The molecule has 3 rings (SSSR count). The summed E-state index contributed by atoms with van der Waals surface area (Å²) in [5, 5.41) is 0. The van der Waals surface area contributed by atoms with E-state index in [2.05, 4.69) is 9.97 Å². The quantitative estimate of drug-likeness (QED) is 0.767. The van der Waals surface area contributed by atoms with Crippen LogP contribution in [0.5, 0.6) is 0 Å². The van der Waals surface area contributed by atoms with Crippen LogP contribution in [0.2, 0.25) is 0 Å². The van der Waals surface area contributed by atoms with Gasteiger partial charge in [-0.2, -0.15) is 0 Å². The van der Waals surface area contributed by atoms with Gasteiger partial charge in [-0.3, -0.25) is 14.6 Å². The van der Waals surface area contributed by atoms with Gasteiger partial charge in [-0.15, -0.1) is 0 Å². The van der Waals surface area contributed by atoms with Crippen LogP contribution in [0.1, 0.15) is 27.4 Å². The van der Waals surface area contributed by atoms with Crippen molar-refractivity contribution in [2.45, 2.75) is 12.3 Å². The molecule has 0 aliphatic heterocycles. The minimum atomic E-state index is -0.563. The van der Waals surface area contributed by atoms with Crippen LogP contribution in [0.4, 0.5) is 0 Å². The molecule has 0 saturated heterocycles. The van der Waals surface area contributed by atoms with E-state index < -0.39 is 17.2 Å². The molecule has 1 aromatic carbocycles. The molecule has 0 radical (unpaired) electrons. The summed E-state index contributed by atoms with van der Waals surface area (Å²) >= 11 is 0. The van der Waals surface area contributed by atoms with Crippen molar-refractivity contribution in [1.29, 1.82) is 0 Å². The van der Waals surface area contributed by atoms with E-state index in [1.54, 1.807) is 12.1 Å². The fourth-order valence-electron chi connectivity index (χ4n) is 2.37. The molecule has 0 saturated carbocycles. The summed E-state index contributed by atoms with van der Waals surface area (Å²) in [6.45, 7) is 0. The smallest absolute Gasteiger partial charge is 0.314 e. The van der Waals surface area contributed by atoms with Gasteiger partial charge in [-0.05, 0) is 12.0 Å². The number of carbonyl (C=O) groups excluding carboxylic acids is 1. The van der Waals surface area contributed by atoms with Crippen molar-refractivity contribution < 1.29 is 4.79 Å². The second-order valence-corrected chi connectivity index (χ2v) is 4.31. The molecule has 18 heavy (non-hydrogen) atoms. The lowest BCUT2D eigenvalue weighted by atomic mass is 9.98. The lowest BCUT2D eigenvalue weighted by Crippen LogP contribution is -2.27. The van der Waals surface area contributed by atoms with Crippen LogP contribution >= 0.6 is 0 Å². The van der Waals surface area contributed by atoms with E-state index in [1.165, 1.54) is 6.20 Å². The van der Waals surface area contributed by atoms with Crippen molar-refractivity contribution in [3.8, 4) is 0 Å². The maximum atomic E-state index is 12.2. The summed E-state index contributed by atoms with van der Waals surface area (Å²) in [5.74, 6) is -0.564. The third-order valence-corrected chi connectivity index (χ3v) is 3.25. The van der Waals surface area contributed by atoms with E-state index in [0.717, 1.165) is 5.56 Å². The predicted molar refractivity (Wildman–Crippen MR) is 64.9 cm³/mol. The summed E-state index contributed by atoms with van der Waals surface area (Å²) in [4.78, 5) is 39.4. The fourth-order valence-corrected chi connectivity index (χ4v) is 2.37. The van der Waals surface area contributed by atoms with Crippen molar-refractivity contribution in [2.75, 3.05) is 0 Å². The Hall–Kier alpha value is -2.43. The lowest BCUT2D eigenvalue weighted by molar-refractivity contribution is 0.0972. The van der Waals surface area contributed by atoms with Crippen LogP contribution in [0.15, 0.2) is 40.1 Å². The van der Waals surface area contributed by atoms with Crippen LogP contribution < -0.4 is 11.2 Å². The minimum Gasteiger partial charge on any atom is -0.314 e. The molecular weight excluding hydrogens is 232 g/mol. The maximum absolute atomic E-state index is 12.2. The average molecular weight is 242 g/mol. The fraction of sp³-hybridized carbons (Fsp3) is 0.154. The first-order valence-electron chi connectivity index (χ1n) is 5.61. The number of ketones is 1. The number of fused-ring (bicyclic) bond motifs is 1. The number of Topliss-reactive ketones (excluding diaryl/α,β-unsaturated/α-hetero) is 1. The standard InChI is InChI=1S/C13H10N2O3/c16-11-8-4-2-1-3-7(8)5-9(11)10-6-14-13(18)15-12(10)17/h1-4,6,9H,5H2,(H2,14,15,17,18). The van der Waals surface area contributed by atoms with Crippen LogP contribution in [-0.2, 0) is 6.42 Å². The molecule has 1 unspecified atom stereocenters. The molecule has 1 aliphatic carbocycles. The van der Waals surface area contributed by atoms with Gasteiger partial charge in [0.05, 0.1) is 5.92 Å². The Kier molecular flexibility index (Phi) is 2.26. The minimum absolute atomic E-state index is 0.0665. The van der Waals surface area contributed by atoms with Gasteiger partial charge in [0, 0.05) is 17.3 Å². The first kappa shape index (κ1) is 10.7. The van der Waals surface area contributed by atoms with Gasteiger partial charge < -0.3 is 4.98 Å². The number of hydrogen-bond acceptors (Lipinski definition) is 3. The molecule has 90 valence electrons. The van der Waals surface area contributed by atoms with Crippen molar-refractivity contribution >= 4 is 5.78 Å². The SMILES string of the molecule is O=C1c2ccccc2CC1c1c[nH]c(=O)[nH]c1=O. The third kappa shape index (κ3) is 1.52. The van der Waals surface area contributed by atoms with Crippen molar-refractivity contribution in [1.82, 2.24) is 9.97 Å². The molecule has 1 atom stereocenters. The molecule has 5 heteroatoms. The monoisotopic (exact) mass is 242 g/mol. The number of H-pyrrole nitrogens is 2. The van der Waals surface area contributed by atoms with Crippen LogP contribution in [-0.4, -0.2) is 15.8 Å². The molecule has 2 N–H and O–H groups in total. The zero-order valence-corrected chi connectivity index (χ0v) is 9.40. The topological polar surface area (TPSA) is 82.8 Å². The second-order valence-electron chi connectivity index (χ2n) is 4.31. The number of rotatable bonds is 1. The van der Waals surface area contributed by atoms with Gasteiger partial charge in [0.15, 0.2) is 5.78 Å². The van der Waals surface area contributed by atoms with Crippen molar-refractivity contribution in [2.24, 2.45) is 0 Å². The van der Waals surface area contributed by atoms with Gasteiger partial charge in [-0.25, -0.2) is 4.79 Å². The van der Waals surface area contributed by atoms with Crippen LogP contribution in [0.3, 0.4) is 0 Å². The molecule has 1 aromatic heterocycles. The number of aromatic nitrogens is 2. The van der Waals surface area contributed by atoms with E-state index >= 15 is 0 Å². The first-order valence-corrected chi connectivity index (χ1v) is 5.61. The zero-order chi connectivity index (χ0) is 12.7. The van der Waals surface area contributed by atoms with Crippen molar-refractivity contribution in [3.63, 3.8) is 0 Å². The summed E-state index contributed by atoms with van der Waals surface area (Å²) < 4.78 is 0. The largest absolute Gasteiger partial charge is 0.325 e. The second kappa shape index (κ2) is 3.80. The summed E-state index contributed by atoms with van der Waals surface area (Å²) in [6, 6.07) is 7.31. The van der Waals surface area contributed by atoms with Gasteiger partial charge in [0.25, 0.3) is 5.56 Å². The van der Waals surface area contributed by atoms with Crippen molar-refractivity contribution in [3.05, 3.63) is 68.0 Å². The maximum Gasteiger partial charge on any atom is 0.325 e. The van der Waals surface area contributed by atoms with E-state index in [9.17, 15) is 14.4 Å². The summed E-state index contributed by atoms with van der Waals surface area (Å²) in [5.41, 5.74) is 0.860. The highest BCUT2D eigenvalue weighted by atomic mass is 16.2. The molecule has 0 amide bonds. The number of aromatic amines is 2. The van der Waals surface area contributed by atoms with E-state index in [-0.39, 0.29) is 5.78 Å². The number of nitrogens with one attached hydrogen (secondary N) is 2. The molecular formula is C13H10N2O3. The molecule has 1 aliphatic rings. The first-order chi connectivity index (χ1) is 8.66. The summed E-state index contributed by atoms with van der Waals surface area (Å²) in [7, 11) is 0. The molecule has 2 aromatic rings. The molecule has 0 bridgehead atoms. The van der Waals surface area contributed by atoms with Crippen LogP contribution in [0, 0.1) is 0 Å². The number of carbonyl (C=O) groups is 1. The highest BCUT2D eigenvalue weighted by Gasteiger charge is 2.32. The van der Waals surface area contributed by atoms with E-state index in [0.29, 0.717) is 17.5 Å². The highest BCUT2D eigenvalue weighted by molar-refractivity contribution is 6.05. The van der Waals surface area contributed by atoms with Gasteiger partial charge in [-0.1, -0.05) is 24.3 Å². The number of hydrogen-bond donors (Lipinski definition) is 2. The Balaban J connectivity index is 2.09. The van der Waals surface area contributed by atoms with E-state index in [1.807, 2.05) is 12.1 Å². The predicted octanol–water partition coefficient (Wildman–Crippen LogP) is 0.586. The Labute approximate surface area is 102 Å². The zero-order valence-electron chi connectivity index (χ0n) is 9.40. The Morgan fingerprint density at radius 1 is 1.11 bits per heavy atom. The molecule has 1 heterocycles. The Morgan fingerprint density at radius 2 is 1.89 bits per heavy atom. The van der Waals surface area contributed by atoms with Gasteiger partial charge in [0.2, 0.25) is 0 Å². The molecule has 5 nitrogen and oxygen atoms in total. The lowest BCUT2D eigenvalue weighted by Gasteiger charge is -2.05. The third-order valence-electron chi connectivity index (χ3n) is 3.25. The normalized spacial score (nSPS) is 17.8. The number of benzene rings is 1. The van der Waals surface area contributed by atoms with Gasteiger partial charge >= 0.3 is 5.69 Å². The van der Waals surface area contributed by atoms with E-state index in [4.69, 9.17) is 0 Å². The highest BCUT2D eigenvalue weighted by Crippen LogP contribution is 2.31. The van der Waals surface area contributed by atoms with Gasteiger partial charge in [0.1, 0.15) is 0 Å². The Morgan fingerprint density at radius 3 is 2.61 bits per heavy atom. The average Bonchev–Trinajstić information content (AvgIpc) is 2.68. The Bertz CT molecular complexity index is 742. The van der Waals surface area contributed by atoms with Crippen LogP contribution in [0.25, 0.3) is 0 Å².